The Morgan fingerprint density at radius 3 is 2.90 bits per heavy atom. The van der Waals surface area contributed by atoms with Gasteiger partial charge in [0.2, 0.25) is 12.7 Å². The van der Waals surface area contributed by atoms with Crippen LogP contribution in [0.25, 0.3) is 0 Å². The fourth-order valence-corrected chi connectivity index (χ4v) is 3.64. The van der Waals surface area contributed by atoms with Crippen LogP contribution in [0.15, 0.2) is 36.5 Å². The Kier molecular flexibility index (Phi) is 5.21. The number of hydrogen-bond donors (Lipinski definition) is 1. The number of halogens is 3. The van der Waals surface area contributed by atoms with E-state index in [2.05, 4.69) is 10.3 Å². The number of carbonyl (C=O) groups is 1. The largest absolute Gasteiger partial charge is 0.454 e. The highest BCUT2D eigenvalue weighted by Crippen LogP contribution is 2.36. The van der Waals surface area contributed by atoms with Crippen LogP contribution in [0, 0.1) is 5.92 Å². The Morgan fingerprint density at radius 1 is 1.24 bits per heavy atom. The van der Waals surface area contributed by atoms with Crippen molar-refractivity contribution in [1.82, 2.24) is 10.3 Å². The van der Waals surface area contributed by atoms with Gasteiger partial charge in [0.25, 0.3) is 0 Å². The number of hydrogen-bond acceptors (Lipinski definition) is 5. The molecule has 0 aliphatic carbocycles. The number of aromatic nitrogens is 1. The van der Waals surface area contributed by atoms with Crippen molar-refractivity contribution in [1.29, 1.82) is 0 Å². The van der Waals surface area contributed by atoms with E-state index < -0.39 is 17.7 Å². The lowest BCUT2D eigenvalue weighted by atomic mass is 9.96. The monoisotopic (exact) mass is 407 g/mol. The third-order valence-corrected chi connectivity index (χ3v) is 5.09. The minimum absolute atomic E-state index is 0.117. The van der Waals surface area contributed by atoms with Gasteiger partial charge in [-0.25, -0.2) is 4.98 Å². The van der Waals surface area contributed by atoms with Crippen molar-refractivity contribution in [2.24, 2.45) is 5.92 Å². The van der Waals surface area contributed by atoms with Crippen LogP contribution in [0.4, 0.5) is 19.0 Å². The van der Waals surface area contributed by atoms with E-state index in [9.17, 15) is 18.0 Å². The molecule has 1 aromatic heterocycles. The molecular weight excluding hydrogens is 387 g/mol. The fourth-order valence-electron chi connectivity index (χ4n) is 3.64. The predicted octanol–water partition coefficient (Wildman–Crippen LogP) is 3.36. The molecule has 1 aromatic carbocycles. The topological polar surface area (TPSA) is 63.7 Å². The number of piperidine rings is 1. The van der Waals surface area contributed by atoms with Gasteiger partial charge in [0, 0.05) is 25.8 Å². The molecule has 1 atom stereocenters. The maximum absolute atomic E-state index is 13.3. The molecule has 1 unspecified atom stereocenters. The van der Waals surface area contributed by atoms with E-state index in [1.165, 1.54) is 12.3 Å². The molecule has 2 aliphatic rings. The molecule has 0 radical (unpaired) electrons. The van der Waals surface area contributed by atoms with Gasteiger partial charge in [0.05, 0.1) is 11.5 Å². The Hall–Kier alpha value is -2.97. The number of rotatable bonds is 4. The first-order valence-corrected chi connectivity index (χ1v) is 9.35. The minimum atomic E-state index is -4.49. The van der Waals surface area contributed by atoms with Crippen molar-refractivity contribution < 1.29 is 27.4 Å². The average Bonchev–Trinajstić information content (AvgIpc) is 3.19. The zero-order chi connectivity index (χ0) is 20.4. The summed E-state index contributed by atoms with van der Waals surface area (Å²) in [6.45, 7) is 1.12. The predicted molar refractivity (Wildman–Crippen MR) is 98.6 cm³/mol. The van der Waals surface area contributed by atoms with Crippen molar-refractivity contribution in [2.75, 3.05) is 24.8 Å². The van der Waals surface area contributed by atoms with Gasteiger partial charge >= 0.3 is 6.18 Å². The molecule has 4 rings (SSSR count). The lowest BCUT2D eigenvalue weighted by molar-refractivity contribution is -0.137. The molecule has 0 spiro atoms. The molecule has 0 saturated carbocycles. The number of nitrogens with zero attached hydrogens (tertiary/aromatic N) is 2. The molecular formula is C20H20F3N3O3. The van der Waals surface area contributed by atoms with E-state index in [4.69, 9.17) is 9.47 Å². The summed E-state index contributed by atoms with van der Waals surface area (Å²) in [7, 11) is 0. The van der Waals surface area contributed by atoms with Gasteiger partial charge in [0.15, 0.2) is 11.5 Å². The van der Waals surface area contributed by atoms with Gasteiger partial charge < -0.3 is 19.7 Å². The highest BCUT2D eigenvalue weighted by molar-refractivity contribution is 5.79. The van der Waals surface area contributed by atoms with Crippen molar-refractivity contribution in [2.45, 2.75) is 25.6 Å². The molecule has 9 heteroatoms. The van der Waals surface area contributed by atoms with Gasteiger partial charge in [-0.05, 0) is 42.7 Å². The third-order valence-electron chi connectivity index (χ3n) is 5.09. The maximum atomic E-state index is 13.3. The number of alkyl halides is 3. The van der Waals surface area contributed by atoms with Crippen LogP contribution in [-0.4, -0.2) is 30.8 Å². The van der Waals surface area contributed by atoms with E-state index in [1.807, 2.05) is 6.07 Å². The average molecular weight is 407 g/mol. The van der Waals surface area contributed by atoms with Gasteiger partial charge in [-0.15, -0.1) is 0 Å². The molecule has 3 heterocycles. The number of carbonyl (C=O) groups excluding carboxylic acids is 1. The lowest BCUT2D eigenvalue weighted by Crippen LogP contribution is -2.43. The second-order valence-electron chi connectivity index (χ2n) is 7.06. The number of benzene rings is 1. The van der Waals surface area contributed by atoms with Crippen molar-refractivity contribution in [3.8, 4) is 11.5 Å². The highest BCUT2D eigenvalue weighted by atomic mass is 19.4. The molecule has 1 fully saturated rings. The quantitative estimate of drug-likeness (QED) is 0.842. The SMILES string of the molecule is O=C(NCc1ccc2c(c1)OCO2)C1CCCN(c2ncccc2C(F)(F)F)C1. The Labute approximate surface area is 165 Å². The van der Waals surface area contributed by atoms with Crippen molar-refractivity contribution in [3.63, 3.8) is 0 Å². The summed E-state index contributed by atoms with van der Waals surface area (Å²) in [4.78, 5) is 18.1. The fraction of sp³-hybridized carbons (Fsp3) is 0.400. The Morgan fingerprint density at radius 2 is 2.07 bits per heavy atom. The van der Waals surface area contributed by atoms with E-state index in [0.717, 1.165) is 11.6 Å². The Bertz CT molecular complexity index is 904. The molecule has 29 heavy (non-hydrogen) atoms. The number of ether oxygens (including phenoxy) is 2. The number of fused-ring (bicyclic) bond motifs is 1. The molecule has 1 N–H and O–H groups in total. The summed E-state index contributed by atoms with van der Waals surface area (Å²) in [6.07, 6.45) is -1.90. The van der Waals surface area contributed by atoms with Crippen LogP contribution in [0.1, 0.15) is 24.0 Å². The summed E-state index contributed by atoms with van der Waals surface area (Å²) in [5.41, 5.74) is 0.0840. The molecule has 0 bridgehead atoms. The molecule has 6 nitrogen and oxygen atoms in total. The van der Waals surface area contributed by atoms with E-state index >= 15 is 0 Å². The van der Waals surface area contributed by atoms with Crippen LogP contribution < -0.4 is 19.7 Å². The van der Waals surface area contributed by atoms with E-state index in [-0.39, 0.29) is 25.1 Å². The van der Waals surface area contributed by atoms with E-state index in [1.54, 1.807) is 17.0 Å². The summed E-state index contributed by atoms with van der Waals surface area (Å²) in [6, 6.07) is 7.72. The van der Waals surface area contributed by atoms with Crippen LogP contribution >= 0.6 is 0 Å². The van der Waals surface area contributed by atoms with Crippen molar-refractivity contribution >= 4 is 11.7 Å². The molecule has 2 aliphatic heterocycles. The smallest absolute Gasteiger partial charge is 0.419 e. The van der Waals surface area contributed by atoms with Gasteiger partial charge in [-0.3, -0.25) is 4.79 Å². The van der Waals surface area contributed by atoms with Crippen molar-refractivity contribution in [3.05, 3.63) is 47.7 Å². The van der Waals surface area contributed by atoms with Crippen LogP contribution in [0.3, 0.4) is 0 Å². The first kappa shape index (κ1) is 19.4. The zero-order valence-electron chi connectivity index (χ0n) is 15.5. The van der Waals surface area contributed by atoms with Gasteiger partial charge in [-0.2, -0.15) is 13.2 Å². The zero-order valence-corrected chi connectivity index (χ0v) is 15.5. The highest BCUT2D eigenvalue weighted by Gasteiger charge is 2.37. The molecule has 154 valence electrons. The molecule has 2 aromatic rings. The maximum Gasteiger partial charge on any atom is 0.419 e. The second kappa shape index (κ2) is 7.81. The molecule has 1 amide bonds. The summed E-state index contributed by atoms with van der Waals surface area (Å²) in [5, 5.41) is 2.87. The number of anilines is 1. The van der Waals surface area contributed by atoms with Gasteiger partial charge in [0.1, 0.15) is 5.82 Å². The number of pyridine rings is 1. The van der Waals surface area contributed by atoms with Gasteiger partial charge in [-0.1, -0.05) is 6.07 Å². The third kappa shape index (κ3) is 4.23. The van der Waals surface area contributed by atoms with Crippen LogP contribution in [-0.2, 0) is 17.5 Å². The van der Waals surface area contributed by atoms with Crippen LogP contribution in [0.5, 0.6) is 11.5 Å². The number of nitrogens with one attached hydrogen (secondary N) is 1. The van der Waals surface area contributed by atoms with E-state index in [0.29, 0.717) is 37.4 Å². The first-order valence-electron chi connectivity index (χ1n) is 9.35. The number of amides is 1. The second-order valence-corrected chi connectivity index (χ2v) is 7.06. The first-order chi connectivity index (χ1) is 13.9. The summed E-state index contributed by atoms with van der Waals surface area (Å²) >= 11 is 0. The normalized spacial score (nSPS) is 18.6. The van der Waals surface area contributed by atoms with Crippen LogP contribution in [0.2, 0.25) is 0 Å². The minimum Gasteiger partial charge on any atom is -0.454 e. The Balaban J connectivity index is 1.40. The summed E-state index contributed by atoms with van der Waals surface area (Å²) < 4.78 is 50.5. The lowest BCUT2D eigenvalue weighted by Gasteiger charge is -2.34. The molecule has 1 saturated heterocycles. The summed E-state index contributed by atoms with van der Waals surface area (Å²) in [5.74, 6) is 0.597. The standard InChI is InChI=1S/C20H20F3N3O3/c21-20(22,23)15-4-1-7-24-18(15)26-8-2-3-14(11-26)19(27)25-10-13-5-6-16-17(9-13)29-12-28-16/h1,4-7,9,14H,2-3,8,10-12H2,(H,25,27).